The van der Waals surface area contributed by atoms with Crippen molar-refractivity contribution in [2.24, 2.45) is 4.99 Å². The van der Waals surface area contributed by atoms with Crippen LogP contribution in [0.1, 0.15) is 11.1 Å². The summed E-state index contributed by atoms with van der Waals surface area (Å²) in [5.74, 6) is 0.354. The molecule has 0 unspecified atom stereocenters. The number of hydrogen-bond donors (Lipinski definition) is 0. The minimum Gasteiger partial charge on any atom is -0.266 e. The van der Waals surface area contributed by atoms with E-state index in [1.165, 1.54) is 0 Å². The fourth-order valence-electron chi connectivity index (χ4n) is 3.68. The van der Waals surface area contributed by atoms with E-state index in [9.17, 15) is 4.79 Å². The van der Waals surface area contributed by atoms with Crippen LogP contribution in [-0.4, -0.2) is 11.7 Å². The lowest BCUT2D eigenvalue weighted by Gasteiger charge is -2.19. The van der Waals surface area contributed by atoms with Crippen LogP contribution in [0.3, 0.4) is 0 Å². The molecule has 1 aliphatic heterocycles. The van der Waals surface area contributed by atoms with Gasteiger partial charge >= 0.3 is 0 Å². The minimum atomic E-state index is -0.177. The van der Waals surface area contributed by atoms with Gasteiger partial charge in [0.2, 0.25) is 0 Å². The van der Waals surface area contributed by atoms with Crippen molar-refractivity contribution >= 4 is 45.9 Å². The molecule has 0 saturated heterocycles. The summed E-state index contributed by atoms with van der Waals surface area (Å²) in [7, 11) is 0. The van der Waals surface area contributed by atoms with Crippen molar-refractivity contribution in [3.8, 4) is 0 Å². The third-order valence-corrected chi connectivity index (χ3v) is 5.43. The number of para-hydroxylation sites is 1. The first-order chi connectivity index (χ1) is 14.7. The molecule has 0 atom stereocenters. The van der Waals surface area contributed by atoms with Crippen molar-refractivity contribution in [1.29, 1.82) is 0 Å². The summed E-state index contributed by atoms with van der Waals surface area (Å²) in [4.78, 5) is 19.8. The standard InChI is InChI=1S/C26H17ClN2O/c27-23-16-7-6-15-22(23)25-28-24(26(30)29(25)20-12-2-1-3-13-20)17-19-11-8-10-18-9-4-5-14-21(18)19/h1-17H/b24-17+. The summed E-state index contributed by atoms with van der Waals surface area (Å²) < 4.78 is 0. The summed E-state index contributed by atoms with van der Waals surface area (Å²) in [6.07, 6.45) is 1.85. The van der Waals surface area contributed by atoms with Crippen molar-refractivity contribution < 1.29 is 4.79 Å². The Hall–Kier alpha value is -3.69. The SMILES string of the molecule is O=C1/C(=C\c2cccc3ccccc23)N=C(c2ccccc2Cl)N1c1ccccc1. The predicted octanol–water partition coefficient (Wildman–Crippen LogP) is 6.33. The van der Waals surface area contributed by atoms with Gasteiger partial charge in [-0.2, -0.15) is 0 Å². The highest BCUT2D eigenvalue weighted by molar-refractivity contribution is 6.39. The van der Waals surface area contributed by atoms with E-state index in [2.05, 4.69) is 18.2 Å². The van der Waals surface area contributed by atoms with Crippen LogP contribution in [0.15, 0.2) is 108 Å². The maximum atomic E-state index is 13.4. The molecule has 1 aliphatic rings. The van der Waals surface area contributed by atoms with Crippen molar-refractivity contribution in [3.63, 3.8) is 0 Å². The molecular formula is C26H17ClN2O. The zero-order valence-electron chi connectivity index (χ0n) is 16.0. The van der Waals surface area contributed by atoms with Gasteiger partial charge in [0.25, 0.3) is 5.91 Å². The Balaban J connectivity index is 1.69. The van der Waals surface area contributed by atoms with Crippen LogP contribution in [0.4, 0.5) is 5.69 Å². The third kappa shape index (κ3) is 3.19. The lowest BCUT2D eigenvalue weighted by Crippen LogP contribution is -2.32. The Bertz CT molecular complexity index is 1320. The van der Waals surface area contributed by atoms with E-state index in [1.807, 2.05) is 78.9 Å². The first kappa shape index (κ1) is 18.3. The summed E-state index contributed by atoms with van der Waals surface area (Å²) in [6, 6.07) is 31.1. The molecular weight excluding hydrogens is 392 g/mol. The topological polar surface area (TPSA) is 32.7 Å². The fourth-order valence-corrected chi connectivity index (χ4v) is 3.90. The molecule has 0 radical (unpaired) electrons. The molecule has 0 spiro atoms. The average Bonchev–Trinajstić information content (AvgIpc) is 3.10. The smallest absolute Gasteiger partial charge is 0.266 e. The highest BCUT2D eigenvalue weighted by Gasteiger charge is 2.33. The number of nitrogens with zero attached hydrogens (tertiary/aromatic N) is 2. The van der Waals surface area contributed by atoms with E-state index in [0.717, 1.165) is 27.6 Å². The number of carbonyl (C=O) groups is 1. The lowest BCUT2D eigenvalue weighted by molar-refractivity contribution is -0.113. The molecule has 0 fully saturated rings. The Labute approximate surface area is 179 Å². The van der Waals surface area contributed by atoms with Crippen LogP contribution >= 0.6 is 11.6 Å². The molecule has 1 heterocycles. The molecule has 3 nitrogen and oxygen atoms in total. The molecule has 30 heavy (non-hydrogen) atoms. The monoisotopic (exact) mass is 408 g/mol. The van der Waals surface area contributed by atoms with Gasteiger partial charge in [-0.1, -0.05) is 84.4 Å². The number of hydrogen-bond acceptors (Lipinski definition) is 2. The highest BCUT2D eigenvalue weighted by atomic mass is 35.5. The number of benzene rings is 4. The molecule has 0 aromatic heterocycles. The second kappa shape index (κ2) is 7.62. The first-order valence-corrected chi connectivity index (χ1v) is 10.0. The van der Waals surface area contributed by atoms with Gasteiger partial charge in [-0.3, -0.25) is 9.69 Å². The molecule has 1 amide bonds. The number of anilines is 1. The Morgan fingerprint density at radius 3 is 2.30 bits per heavy atom. The van der Waals surface area contributed by atoms with Crippen LogP contribution in [0.5, 0.6) is 0 Å². The molecule has 0 aliphatic carbocycles. The van der Waals surface area contributed by atoms with Gasteiger partial charge in [-0.25, -0.2) is 4.99 Å². The van der Waals surface area contributed by atoms with Gasteiger partial charge < -0.3 is 0 Å². The number of rotatable bonds is 3. The summed E-state index contributed by atoms with van der Waals surface area (Å²) in [5.41, 5.74) is 2.80. The zero-order chi connectivity index (χ0) is 20.5. The number of aliphatic imine (C=N–C) groups is 1. The first-order valence-electron chi connectivity index (χ1n) is 9.65. The number of halogens is 1. The predicted molar refractivity (Wildman–Crippen MR) is 124 cm³/mol. The van der Waals surface area contributed by atoms with Gasteiger partial charge in [0, 0.05) is 5.56 Å². The molecule has 4 heteroatoms. The van der Waals surface area contributed by atoms with Gasteiger partial charge in [-0.05, 0) is 46.7 Å². The van der Waals surface area contributed by atoms with Crippen LogP contribution in [0.25, 0.3) is 16.8 Å². The molecule has 144 valence electrons. The molecule has 4 aromatic rings. The lowest BCUT2D eigenvalue weighted by atomic mass is 10.0. The van der Waals surface area contributed by atoms with E-state index >= 15 is 0 Å². The van der Waals surface area contributed by atoms with Crippen LogP contribution in [0.2, 0.25) is 5.02 Å². The van der Waals surface area contributed by atoms with Crippen LogP contribution in [-0.2, 0) is 4.79 Å². The fraction of sp³-hybridized carbons (Fsp3) is 0. The molecule has 0 saturated carbocycles. The van der Waals surface area contributed by atoms with E-state index in [0.29, 0.717) is 16.6 Å². The third-order valence-electron chi connectivity index (χ3n) is 5.11. The second-order valence-electron chi connectivity index (χ2n) is 6.99. The van der Waals surface area contributed by atoms with Crippen molar-refractivity contribution in [3.05, 3.63) is 119 Å². The molecule has 5 rings (SSSR count). The Kier molecular flexibility index (Phi) is 4.66. The second-order valence-corrected chi connectivity index (χ2v) is 7.40. The van der Waals surface area contributed by atoms with Crippen LogP contribution in [0, 0.1) is 0 Å². The highest BCUT2D eigenvalue weighted by Crippen LogP contribution is 2.31. The number of fused-ring (bicyclic) bond motifs is 1. The zero-order valence-corrected chi connectivity index (χ0v) is 16.8. The molecule has 0 N–H and O–H groups in total. The van der Waals surface area contributed by atoms with Gasteiger partial charge in [-0.15, -0.1) is 0 Å². The van der Waals surface area contributed by atoms with E-state index in [-0.39, 0.29) is 5.91 Å². The van der Waals surface area contributed by atoms with E-state index in [1.54, 1.807) is 11.0 Å². The van der Waals surface area contributed by atoms with E-state index in [4.69, 9.17) is 16.6 Å². The van der Waals surface area contributed by atoms with Gasteiger partial charge in [0.05, 0.1) is 10.7 Å². The van der Waals surface area contributed by atoms with Crippen LogP contribution < -0.4 is 4.90 Å². The minimum absolute atomic E-state index is 0.177. The molecule has 0 bridgehead atoms. The summed E-state index contributed by atoms with van der Waals surface area (Å²) >= 11 is 6.45. The van der Waals surface area contributed by atoms with Gasteiger partial charge in [0.15, 0.2) is 0 Å². The Morgan fingerprint density at radius 2 is 1.47 bits per heavy atom. The number of carbonyl (C=O) groups excluding carboxylic acids is 1. The Morgan fingerprint density at radius 1 is 0.767 bits per heavy atom. The quantitative estimate of drug-likeness (QED) is 0.365. The summed E-state index contributed by atoms with van der Waals surface area (Å²) in [6.45, 7) is 0. The average molecular weight is 409 g/mol. The maximum Gasteiger partial charge on any atom is 0.282 e. The number of amidine groups is 1. The van der Waals surface area contributed by atoms with Crippen molar-refractivity contribution in [2.75, 3.05) is 4.90 Å². The van der Waals surface area contributed by atoms with Gasteiger partial charge in [0.1, 0.15) is 11.5 Å². The number of amides is 1. The maximum absolute atomic E-state index is 13.4. The largest absolute Gasteiger partial charge is 0.282 e. The normalized spacial score (nSPS) is 15.1. The van der Waals surface area contributed by atoms with E-state index < -0.39 is 0 Å². The summed E-state index contributed by atoms with van der Waals surface area (Å²) in [5, 5.41) is 2.75. The van der Waals surface area contributed by atoms with Crippen molar-refractivity contribution in [2.45, 2.75) is 0 Å². The van der Waals surface area contributed by atoms with Crippen molar-refractivity contribution in [1.82, 2.24) is 0 Å². The molecule has 4 aromatic carbocycles.